The Labute approximate surface area is 203 Å². The Bertz CT molecular complexity index is 1170. The quantitative estimate of drug-likeness (QED) is 0.538. The number of fused-ring (bicyclic) bond motifs is 3. The standard InChI is InChI=1S/C29H38N4O/c1-5-34-27-16-22(7-6-8-23-17-26(27)32-19(4)31-23)29-28(18(2)3)24-15-21(9-10-25(24)33-29)20-11-13-30-14-12-20/h7,9-10,15-16,18,20,23,30,33H,5-6,8,11-14,17H2,1-4H3/b22-7+,27-16+. The first-order chi connectivity index (χ1) is 16.5. The molecule has 2 bridgehead atoms. The van der Waals surface area contributed by atoms with Gasteiger partial charge in [0.25, 0.3) is 0 Å². The van der Waals surface area contributed by atoms with Crippen molar-refractivity contribution in [1.29, 1.82) is 0 Å². The van der Waals surface area contributed by atoms with Crippen LogP contribution in [0.4, 0.5) is 0 Å². The van der Waals surface area contributed by atoms with Crippen molar-refractivity contribution in [3.8, 4) is 0 Å². The number of hydrogen-bond donors (Lipinski definition) is 2. The maximum Gasteiger partial charge on any atom is 0.141 e. The highest BCUT2D eigenvalue weighted by Gasteiger charge is 2.25. The number of hydrogen-bond acceptors (Lipinski definition) is 4. The van der Waals surface area contributed by atoms with E-state index in [9.17, 15) is 0 Å². The van der Waals surface area contributed by atoms with Gasteiger partial charge in [-0.15, -0.1) is 0 Å². The number of piperidine rings is 1. The number of aromatic amines is 1. The van der Waals surface area contributed by atoms with Crippen LogP contribution in [0.3, 0.4) is 0 Å². The lowest BCUT2D eigenvalue weighted by Gasteiger charge is -2.23. The summed E-state index contributed by atoms with van der Waals surface area (Å²) in [6, 6.07) is 7.36. The van der Waals surface area contributed by atoms with Crippen LogP contribution < -0.4 is 5.32 Å². The largest absolute Gasteiger partial charge is 0.492 e. The van der Waals surface area contributed by atoms with Crippen molar-refractivity contribution < 1.29 is 4.74 Å². The number of H-pyrrole nitrogens is 1. The maximum atomic E-state index is 6.15. The van der Waals surface area contributed by atoms with E-state index in [2.05, 4.69) is 54.5 Å². The van der Waals surface area contributed by atoms with Gasteiger partial charge in [0.1, 0.15) is 11.6 Å². The van der Waals surface area contributed by atoms with Gasteiger partial charge in [-0.2, -0.15) is 0 Å². The van der Waals surface area contributed by atoms with Crippen LogP contribution in [0, 0.1) is 0 Å². The lowest BCUT2D eigenvalue weighted by molar-refractivity contribution is 0.248. The molecule has 0 amide bonds. The summed E-state index contributed by atoms with van der Waals surface area (Å²) in [5.41, 5.74) is 7.56. The zero-order valence-electron chi connectivity index (χ0n) is 21.1. The lowest BCUT2D eigenvalue weighted by atomic mass is 9.88. The molecule has 0 saturated carbocycles. The van der Waals surface area contributed by atoms with E-state index >= 15 is 0 Å². The van der Waals surface area contributed by atoms with Gasteiger partial charge < -0.3 is 15.0 Å². The van der Waals surface area contributed by atoms with Crippen LogP contribution in [0.5, 0.6) is 0 Å². The van der Waals surface area contributed by atoms with E-state index in [0.717, 1.165) is 49.7 Å². The molecule has 2 aromatic rings. The van der Waals surface area contributed by atoms with Gasteiger partial charge in [0.05, 0.1) is 18.4 Å². The Hall–Kier alpha value is -2.66. The zero-order chi connectivity index (χ0) is 23.7. The first-order valence-electron chi connectivity index (χ1n) is 13.1. The van der Waals surface area contributed by atoms with Gasteiger partial charge in [-0.1, -0.05) is 26.0 Å². The summed E-state index contributed by atoms with van der Waals surface area (Å²) in [5, 5.41) is 4.86. The van der Waals surface area contributed by atoms with Crippen LogP contribution in [0.15, 0.2) is 46.1 Å². The van der Waals surface area contributed by atoms with Gasteiger partial charge in [-0.25, -0.2) is 4.99 Å². The summed E-state index contributed by atoms with van der Waals surface area (Å²) in [7, 11) is 0. The Balaban J connectivity index is 1.61. The van der Waals surface area contributed by atoms with Crippen LogP contribution >= 0.6 is 0 Å². The van der Waals surface area contributed by atoms with Crippen LogP contribution in [-0.2, 0) is 4.74 Å². The highest BCUT2D eigenvalue weighted by atomic mass is 16.5. The summed E-state index contributed by atoms with van der Waals surface area (Å²) in [5.74, 6) is 2.81. The van der Waals surface area contributed by atoms with Crippen LogP contribution in [-0.4, -0.2) is 42.3 Å². The molecule has 2 aliphatic heterocycles. The van der Waals surface area contributed by atoms with Gasteiger partial charge >= 0.3 is 0 Å². The second-order valence-electron chi connectivity index (χ2n) is 10.2. The van der Waals surface area contributed by atoms with Crippen molar-refractivity contribution in [2.75, 3.05) is 19.7 Å². The molecule has 1 fully saturated rings. The smallest absolute Gasteiger partial charge is 0.141 e. The lowest BCUT2D eigenvalue weighted by Crippen LogP contribution is -2.26. The Kier molecular flexibility index (Phi) is 6.73. The van der Waals surface area contributed by atoms with Crippen molar-refractivity contribution in [2.45, 2.75) is 77.7 Å². The van der Waals surface area contributed by atoms with E-state index in [-0.39, 0.29) is 6.04 Å². The number of nitrogens with zero attached hydrogens (tertiary/aromatic N) is 2. The molecule has 3 heterocycles. The van der Waals surface area contributed by atoms with E-state index in [1.807, 2.05) is 13.8 Å². The molecule has 1 aromatic heterocycles. The first kappa shape index (κ1) is 23.1. The van der Waals surface area contributed by atoms with E-state index in [4.69, 9.17) is 14.7 Å². The number of benzene rings is 1. The zero-order valence-corrected chi connectivity index (χ0v) is 21.1. The summed E-state index contributed by atoms with van der Waals surface area (Å²) in [6.07, 6.45) is 9.90. The van der Waals surface area contributed by atoms with Gasteiger partial charge in [0, 0.05) is 23.0 Å². The molecule has 1 aliphatic carbocycles. The molecule has 1 unspecified atom stereocenters. The molecule has 34 heavy (non-hydrogen) atoms. The molecular weight excluding hydrogens is 420 g/mol. The minimum absolute atomic E-state index is 0.284. The van der Waals surface area contributed by atoms with Gasteiger partial charge in [0.2, 0.25) is 0 Å². The molecule has 0 radical (unpaired) electrons. The normalized spacial score (nSPS) is 24.9. The number of aliphatic imine (C=N–C) groups is 2. The van der Waals surface area contributed by atoms with E-state index in [1.165, 1.54) is 46.1 Å². The molecule has 180 valence electrons. The van der Waals surface area contributed by atoms with Crippen LogP contribution in [0.25, 0.3) is 16.5 Å². The van der Waals surface area contributed by atoms with E-state index in [1.54, 1.807) is 0 Å². The van der Waals surface area contributed by atoms with Crippen molar-refractivity contribution >= 4 is 28.0 Å². The molecule has 3 aliphatic rings. The Morgan fingerprint density at radius 3 is 2.74 bits per heavy atom. The van der Waals surface area contributed by atoms with Gasteiger partial charge in [0.15, 0.2) is 0 Å². The van der Waals surface area contributed by atoms with Crippen molar-refractivity contribution in [3.05, 3.63) is 52.9 Å². The van der Waals surface area contributed by atoms with Crippen molar-refractivity contribution in [2.24, 2.45) is 9.98 Å². The Morgan fingerprint density at radius 2 is 1.97 bits per heavy atom. The molecule has 5 nitrogen and oxygen atoms in total. The molecular formula is C29H38N4O. The molecule has 5 heteroatoms. The fourth-order valence-corrected chi connectivity index (χ4v) is 5.76. The minimum atomic E-state index is 0.284. The van der Waals surface area contributed by atoms with Gasteiger partial charge in [-0.05, 0) is 99.4 Å². The average Bonchev–Trinajstić information content (AvgIpc) is 3.23. The summed E-state index contributed by atoms with van der Waals surface area (Å²) in [6.45, 7) is 11.5. The number of allylic oxidation sites excluding steroid dienone is 4. The molecule has 0 spiro atoms. The van der Waals surface area contributed by atoms with Crippen LogP contribution in [0.1, 0.15) is 88.5 Å². The molecule has 2 N–H and O–H groups in total. The van der Waals surface area contributed by atoms with Crippen molar-refractivity contribution in [1.82, 2.24) is 10.3 Å². The van der Waals surface area contributed by atoms with Crippen molar-refractivity contribution in [3.63, 3.8) is 0 Å². The van der Waals surface area contributed by atoms with Crippen LogP contribution in [0.2, 0.25) is 0 Å². The summed E-state index contributed by atoms with van der Waals surface area (Å²) < 4.78 is 6.15. The number of ether oxygens (including phenoxy) is 1. The fraction of sp³-hybridized carbons (Fsp3) is 0.517. The number of aromatic nitrogens is 1. The third-order valence-corrected chi connectivity index (χ3v) is 7.37. The number of rotatable bonds is 5. The Morgan fingerprint density at radius 1 is 1.15 bits per heavy atom. The highest BCUT2D eigenvalue weighted by Crippen LogP contribution is 2.37. The third-order valence-electron chi connectivity index (χ3n) is 7.37. The highest BCUT2D eigenvalue weighted by molar-refractivity contribution is 6.09. The topological polar surface area (TPSA) is 61.8 Å². The molecule has 1 atom stereocenters. The number of amidine groups is 1. The average molecular weight is 459 g/mol. The SMILES string of the molecule is CCO/C1=C/C(c2[nH]c3ccc(C4CCNCC4)cc3c2C(C)C)=C\CCC2CC1=NC(C)=N2. The summed E-state index contributed by atoms with van der Waals surface area (Å²) in [4.78, 5) is 13.3. The molecule has 1 aromatic carbocycles. The molecule has 5 rings (SSSR count). The van der Waals surface area contributed by atoms with Gasteiger partial charge in [-0.3, -0.25) is 4.99 Å². The van der Waals surface area contributed by atoms with E-state index < -0.39 is 0 Å². The summed E-state index contributed by atoms with van der Waals surface area (Å²) >= 11 is 0. The minimum Gasteiger partial charge on any atom is -0.492 e. The second-order valence-corrected chi connectivity index (χ2v) is 10.2. The van der Waals surface area contributed by atoms with E-state index in [0.29, 0.717) is 18.4 Å². The fourth-order valence-electron chi connectivity index (χ4n) is 5.76. The monoisotopic (exact) mass is 458 g/mol. The predicted molar refractivity (Wildman–Crippen MR) is 143 cm³/mol. The third kappa shape index (κ3) is 4.63. The maximum absolute atomic E-state index is 6.15. The molecule has 1 saturated heterocycles. The predicted octanol–water partition coefficient (Wildman–Crippen LogP) is 6.49. The first-order valence-corrected chi connectivity index (χ1v) is 13.1. The number of nitrogens with one attached hydrogen (secondary N) is 2. The second kappa shape index (κ2) is 9.91.